The number of hydrogen-bond acceptors (Lipinski definition) is 3. The van der Waals surface area contributed by atoms with E-state index in [0.717, 1.165) is 17.9 Å². The van der Waals surface area contributed by atoms with Gasteiger partial charge in [-0.2, -0.15) is 0 Å². The number of nitrogens with one attached hydrogen (secondary N) is 1. The van der Waals surface area contributed by atoms with E-state index in [1.807, 2.05) is 24.3 Å². The van der Waals surface area contributed by atoms with Crippen LogP contribution in [-0.4, -0.2) is 11.0 Å². The summed E-state index contributed by atoms with van der Waals surface area (Å²) in [6.45, 7) is 9.19. The summed E-state index contributed by atoms with van der Waals surface area (Å²) in [4.78, 5) is 4.34. The Bertz CT molecular complexity index is 579. The summed E-state index contributed by atoms with van der Waals surface area (Å²) in [5.41, 5.74) is 3.56. The molecule has 0 amide bonds. The van der Waals surface area contributed by atoms with Gasteiger partial charge in [-0.1, -0.05) is 26.0 Å². The monoisotopic (exact) mass is 270 g/mol. The maximum atomic E-state index is 5.93. The van der Waals surface area contributed by atoms with Crippen LogP contribution >= 0.6 is 0 Å². The topological polar surface area (TPSA) is 34.1 Å². The molecule has 2 rings (SSSR count). The van der Waals surface area contributed by atoms with Crippen LogP contribution in [0, 0.1) is 13.8 Å². The Balaban J connectivity index is 2.17. The molecule has 1 aromatic carbocycles. The molecule has 0 atom stereocenters. The van der Waals surface area contributed by atoms with E-state index < -0.39 is 0 Å². The minimum atomic E-state index is 0.435. The summed E-state index contributed by atoms with van der Waals surface area (Å²) in [5.74, 6) is 1.50. The van der Waals surface area contributed by atoms with E-state index in [1.54, 1.807) is 6.20 Å². The molecule has 0 aliphatic carbocycles. The summed E-state index contributed by atoms with van der Waals surface area (Å²) >= 11 is 0. The van der Waals surface area contributed by atoms with Gasteiger partial charge in [-0.15, -0.1) is 0 Å². The Morgan fingerprint density at radius 1 is 1.15 bits per heavy atom. The predicted octanol–water partition coefficient (Wildman–Crippen LogP) is 3.99. The molecule has 1 N–H and O–H groups in total. The van der Waals surface area contributed by atoms with Crippen LogP contribution < -0.4 is 10.1 Å². The molecule has 1 heterocycles. The minimum absolute atomic E-state index is 0.435. The fourth-order valence-electron chi connectivity index (χ4n) is 1.85. The van der Waals surface area contributed by atoms with Gasteiger partial charge in [-0.3, -0.25) is 0 Å². The first-order valence-corrected chi connectivity index (χ1v) is 6.98. The number of hydrogen-bond donors (Lipinski definition) is 1. The Labute approximate surface area is 121 Å². The molecule has 0 saturated carbocycles. The van der Waals surface area contributed by atoms with Crippen LogP contribution in [0.2, 0.25) is 0 Å². The second-order valence-corrected chi connectivity index (χ2v) is 5.35. The van der Waals surface area contributed by atoms with Crippen LogP contribution in [0.25, 0.3) is 0 Å². The zero-order chi connectivity index (χ0) is 14.5. The van der Waals surface area contributed by atoms with Crippen molar-refractivity contribution in [3.63, 3.8) is 0 Å². The first-order valence-electron chi connectivity index (χ1n) is 6.98. The molecular weight excluding hydrogens is 248 g/mol. The number of nitrogens with zero attached hydrogens (tertiary/aromatic N) is 1. The van der Waals surface area contributed by atoms with Crippen LogP contribution in [-0.2, 0) is 6.54 Å². The van der Waals surface area contributed by atoms with Crippen molar-refractivity contribution in [2.24, 2.45) is 0 Å². The summed E-state index contributed by atoms with van der Waals surface area (Å²) in [7, 11) is 0. The highest BCUT2D eigenvalue weighted by Crippen LogP contribution is 2.24. The SMILES string of the molecule is Cc1ccc(Oc2ncccc2CNC(C)C)cc1C. The largest absolute Gasteiger partial charge is 0.439 e. The van der Waals surface area contributed by atoms with E-state index in [0.29, 0.717) is 11.9 Å². The van der Waals surface area contributed by atoms with E-state index in [2.05, 4.69) is 44.1 Å². The molecule has 0 fully saturated rings. The molecule has 0 saturated heterocycles. The Kier molecular flexibility index (Phi) is 4.74. The minimum Gasteiger partial charge on any atom is -0.439 e. The van der Waals surface area contributed by atoms with Crippen molar-refractivity contribution in [1.82, 2.24) is 10.3 Å². The Morgan fingerprint density at radius 3 is 2.65 bits per heavy atom. The fourth-order valence-corrected chi connectivity index (χ4v) is 1.85. The quantitative estimate of drug-likeness (QED) is 0.892. The molecule has 1 aromatic heterocycles. The first kappa shape index (κ1) is 14.5. The lowest BCUT2D eigenvalue weighted by Gasteiger charge is -2.13. The number of pyridine rings is 1. The van der Waals surface area contributed by atoms with Gasteiger partial charge < -0.3 is 10.1 Å². The average molecular weight is 270 g/mol. The van der Waals surface area contributed by atoms with Crippen molar-refractivity contribution >= 4 is 0 Å². The molecule has 0 aliphatic heterocycles. The molecule has 2 aromatic rings. The fraction of sp³-hybridized carbons (Fsp3) is 0.353. The Hall–Kier alpha value is -1.87. The van der Waals surface area contributed by atoms with Gasteiger partial charge in [-0.25, -0.2) is 4.98 Å². The predicted molar refractivity (Wildman–Crippen MR) is 82.2 cm³/mol. The molecule has 3 nitrogen and oxygen atoms in total. The molecule has 0 bridgehead atoms. The third kappa shape index (κ3) is 3.81. The maximum Gasteiger partial charge on any atom is 0.223 e. The highest BCUT2D eigenvalue weighted by atomic mass is 16.5. The van der Waals surface area contributed by atoms with Crippen molar-refractivity contribution < 1.29 is 4.74 Å². The lowest BCUT2D eigenvalue weighted by atomic mass is 10.1. The highest BCUT2D eigenvalue weighted by molar-refractivity contribution is 5.37. The van der Waals surface area contributed by atoms with Crippen molar-refractivity contribution in [2.45, 2.75) is 40.3 Å². The van der Waals surface area contributed by atoms with Crippen molar-refractivity contribution in [1.29, 1.82) is 0 Å². The van der Waals surface area contributed by atoms with Crippen molar-refractivity contribution in [2.75, 3.05) is 0 Å². The van der Waals surface area contributed by atoms with Crippen molar-refractivity contribution in [3.05, 3.63) is 53.2 Å². The average Bonchev–Trinajstić information content (AvgIpc) is 2.42. The first-order chi connectivity index (χ1) is 9.56. The lowest BCUT2D eigenvalue weighted by molar-refractivity contribution is 0.450. The summed E-state index contributed by atoms with van der Waals surface area (Å²) in [6.07, 6.45) is 1.76. The highest BCUT2D eigenvalue weighted by Gasteiger charge is 2.07. The van der Waals surface area contributed by atoms with Crippen LogP contribution in [0.1, 0.15) is 30.5 Å². The second kappa shape index (κ2) is 6.53. The summed E-state index contributed by atoms with van der Waals surface area (Å²) in [5, 5.41) is 3.39. The molecule has 0 unspecified atom stereocenters. The van der Waals surface area contributed by atoms with Gasteiger partial charge in [0.1, 0.15) is 5.75 Å². The van der Waals surface area contributed by atoms with Crippen LogP contribution in [0.5, 0.6) is 11.6 Å². The molecule has 0 aliphatic rings. The zero-order valence-corrected chi connectivity index (χ0v) is 12.6. The normalized spacial score (nSPS) is 10.8. The molecule has 106 valence electrons. The standard InChI is InChI=1S/C17H22N2O/c1-12(2)19-11-15-6-5-9-18-17(15)20-16-8-7-13(3)14(4)10-16/h5-10,12,19H,11H2,1-4H3. The van der Waals surface area contributed by atoms with E-state index in [1.165, 1.54) is 11.1 Å². The number of benzene rings is 1. The maximum absolute atomic E-state index is 5.93. The van der Waals surface area contributed by atoms with E-state index >= 15 is 0 Å². The lowest BCUT2D eigenvalue weighted by Crippen LogP contribution is -2.22. The third-order valence-corrected chi connectivity index (χ3v) is 3.24. The third-order valence-electron chi connectivity index (χ3n) is 3.24. The summed E-state index contributed by atoms with van der Waals surface area (Å²) in [6, 6.07) is 10.5. The molecule has 0 spiro atoms. The van der Waals surface area contributed by atoms with Gasteiger partial charge in [0.05, 0.1) is 0 Å². The van der Waals surface area contributed by atoms with Gasteiger partial charge in [0.25, 0.3) is 0 Å². The van der Waals surface area contributed by atoms with E-state index in [9.17, 15) is 0 Å². The van der Waals surface area contributed by atoms with E-state index in [-0.39, 0.29) is 0 Å². The van der Waals surface area contributed by atoms with Crippen LogP contribution in [0.3, 0.4) is 0 Å². The van der Waals surface area contributed by atoms with Crippen LogP contribution in [0.4, 0.5) is 0 Å². The molecule has 20 heavy (non-hydrogen) atoms. The number of rotatable bonds is 5. The van der Waals surface area contributed by atoms with Crippen LogP contribution in [0.15, 0.2) is 36.5 Å². The molecule has 0 radical (unpaired) electrons. The van der Waals surface area contributed by atoms with Gasteiger partial charge in [-0.05, 0) is 43.2 Å². The summed E-state index contributed by atoms with van der Waals surface area (Å²) < 4.78 is 5.93. The number of aryl methyl sites for hydroxylation is 2. The van der Waals surface area contributed by atoms with Gasteiger partial charge in [0.15, 0.2) is 0 Å². The Morgan fingerprint density at radius 2 is 1.95 bits per heavy atom. The van der Waals surface area contributed by atoms with Gasteiger partial charge in [0, 0.05) is 24.3 Å². The smallest absolute Gasteiger partial charge is 0.223 e. The van der Waals surface area contributed by atoms with E-state index in [4.69, 9.17) is 4.74 Å². The van der Waals surface area contributed by atoms with Gasteiger partial charge >= 0.3 is 0 Å². The van der Waals surface area contributed by atoms with Crippen molar-refractivity contribution in [3.8, 4) is 11.6 Å². The number of ether oxygens (including phenoxy) is 1. The zero-order valence-electron chi connectivity index (χ0n) is 12.6. The molecular formula is C17H22N2O. The van der Waals surface area contributed by atoms with Gasteiger partial charge in [0.2, 0.25) is 5.88 Å². The molecule has 3 heteroatoms. The number of aromatic nitrogens is 1. The second-order valence-electron chi connectivity index (χ2n) is 5.35.